The minimum atomic E-state index is 0. The molecule has 2 aromatic rings. The van der Waals surface area contributed by atoms with Crippen molar-refractivity contribution in [1.82, 2.24) is 15.6 Å². The smallest absolute Gasteiger partial charge is 0.191 e. The molecular weight excluding hydrogens is 499 g/mol. The van der Waals surface area contributed by atoms with Crippen LogP contribution >= 0.6 is 35.3 Å². The van der Waals surface area contributed by atoms with Gasteiger partial charge in [0.15, 0.2) is 5.96 Å². The van der Waals surface area contributed by atoms with Crippen LogP contribution in [0.4, 0.5) is 0 Å². The summed E-state index contributed by atoms with van der Waals surface area (Å²) in [6.07, 6.45) is 8.01. The number of rotatable bonds is 8. The zero-order valence-corrected chi connectivity index (χ0v) is 20.5. The Kier molecular flexibility index (Phi) is 9.99. The van der Waals surface area contributed by atoms with E-state index in [1.54, 1.807) is 25.5 Å². The predicted molar refractivity (Wildman–Crippen MR) is 130 cm³/mol. The number of methoxy groups -OCH3 is 1. The Morgan fingerprint density at radius 1 is 1.24 bits per heavy atom. The summed E-state index contributed by atoms with van der Waals surface area (Å²) in [4.78, 5) is 10.1. The van der Waals surface area contributed by atoms with E-state index in [0.717, 1.165) is 47.3 Å². The second-order valence-corrected chi connectivity index (χ2v) is 8.05. The van der Waals surface area contributed by atoms with Gasteiger partial charge in [0.25, 0.3) is 0 Å². The molecule has 1 heterocycles. The largest absolute Gasteiger partial charge is 0.497 e. The number of nitrogens with one attached hydrogen (secondary N) is 2. The second-order valence-electron chi connectivity index (χ2n) is 6.85. The van der Waals surface area contributed by atoms with Crippen LogP contribution in [0, 0.1) is 0 Å². The topological polar surface area (TPSA) is 67.8 Å². The summed E-state index contributed by atoms with van der Waals surface area (Å²) < 4.78 is 11.6. The van der Waals surface area contributed by atoms with Crippen molar-refractivity contribution in [1.29, 1.82) is 0 Å². The molecule has 29 heavy (non-hydrogen) atoms. The van der Waals surface area contributed by atoms with Gasteiger partial charge in [-0.05, 0) is 44.2 Å². The maximum atomic E-state index is 6.27. The Bertz CT molecular complexity index is 791. The van der Waals surface area contributed by atoms with Gasteiger partial charge in [-0.1, -0.05) is 6.92 Å². The van der Waals surface area contributed by atoms with Crippen molar-refractivity contribution < 1.29 is 9.47 Å². The van der Waals surface area contributed by atoms with Gasteiger partial charge < -0.3 is 20.1 Å². The molecule has 0 amide bonds. The van der Waals surface area contributed by atoms with Crippen molar-refractivity contribution in [3.05, 3.63) is 39.8 Å². The maximum absolute atomic E-state index is 6.27. The van der Waals surface area contributed by atoms with Gasteiger partial charge in [-0.25, -0.2) is 4.98 Å². The molecule has 6 nitrogen and oxygen atoms in total. The van der Waals surface area contributed by atoms with Gasteiger partial charge in [0.05, 0.1) is 19.8 Å². The number of hydrogen-bond donors (Lipinski definition) is 2. The number of hydrogen-bond acceptors (Lipinski definition) is 5. The summed E-state index contributed by atoms with van der Waals surface area (Å²) in [5, 5.41) is 7.77. The Morgan fingerprint density at radius 2 is 2.00 bits per heavy atom. The molecular formula is C21H31IN4O2S. The van der Waals surface area contributed by atoms with Crippen molar-refractivity contribution in [3.63, 3.8) is 0 Å². The van der Waals surface area contributed by atoms with Gasteiger partial charge >= 0.3 is 0 Å². The molecule has 0 radical (unpaired) electrons. The number of ether oxygens (including phenoxy) is 2. The van der Waals surface area contributed by atoms with Gasteiger partial charge in [0.2, 0.25) is 0 Å². The average Bonchev–Trinajstić information content (AvgIpc) is 3.40. The molecule has 0 unspecified atom stereocenters. The van der Waals surface area contributed by atoms with Gasteiger partial charge in [0, 0.05) is 36.3 Å². The lowest BCUT2D eigenvalue weighted by molar-refractivity contribution is 0.207. The molecule has 2 N–H and O–H groups in total. The van der Waals surface area contributed by atoms with Crippen LogP contribution in [0.2, 0.25) is 0 Å². The van der Waals surface area contributed by atoms with Gasteiger partial charge in [-0.15, -0.1) is 35.3 Å². The molecule has 1 aromatic carbocycles. The highest BCUT2D eigenvalue weighted by Crippen LogP contribution is 2.30. The van der Waals surface area contributed by atoms with E-state index in [1.807, 2.05) is 18.3 Å². The third kappa shape index (κ3) is 7.02. The first-order valence-corrected chi connectivity index (χ1v) is 10.7. The van der Waals surface area contributed by atoms with E-state index in [1.165, 1.54) is 17.7 Å². The molecule has 0 aliphatic heterocycles. The third-order valence-corrected chi connectivity index (χ3v) is 6.04. The number of thiazole rings is 1. The van der Waals surface area contributed by atoms with Crippen LogP contribution in [0.3, 0.4) is 0 Å². The monoisotopic (exact) mass is 530 g/mol. The average molecular weight is 530 g/mol. The molecule has 1 aliphatic carbocycles. The van der Waals surface area contributed by atoms with E-state index in [-0.39, 0.29) is 24.0 Å². The van der Waals surface area contributed by atoms with Crippen molar-refractivity contribution in [2.24, 2.45) is 4.99 Å². The number of aliphatic imine (C=N–C) groups is 1. The number of benzene rings is 1. The summed E-state index contributed by atoms with van der Waals surface area (Å²) >= 11 is 1.73. The summed E-state index contributed by atoms with van der Waals surface area (Å²) in [6, 6.07) is 6.00. The van der Waals surface area contributed by atoms with Crippen molar-refractivity contribution in [2.75, 3.05) is 14.2 Å². The van der Waals surface area contributed by atoms with Crippen LogP contribution in [-0.4, -0.2) is 31.2 Å². The fraction of sp³-hybridized carbons (Fsp3) is 0.524. The standard InChI is InChI=1S/C21H30N4O2S.HI/c1-4-18-13-23-20(28-18)14-25-21(22-2)24-12-15-9-10-17(26-3)11-19(15)27-16-7-5-6-8-16;/h9-11,13,16H,4-8,12,14H2,1-3H3,(H2,22,24,25);1H. The molecule has 0 atom stereocenters. The number of aromatic nitrogens is 1. The molecule has 3 rings (SSSR count). The third-order valence-electron chi connectivity index (χ3n) is 4.90. The van der Waals surface area contributed by atoms with E-state index in [2.05, 4.69) is 33.6 Å². The number of halogens is 1. The van der Waals surface area contributed by atoms with Gasteiger partial charge in [0.1, 0.15) is 16.5 Å². The molecule has 1 saturated carbocycles. The minimum absolute atomic E-state index is 0. The van der Waals surface area contributed by atoms with Crippen LogP contribution in [0.1, 0.15) is 48.1 Å². The van der Waals surface area contributed by atoms with Crippen LogP contribution in [0.15, 0.2) is 29.4 Å². The Balaban J connectivity index is 0.00000300. The second kappa shape index (κ2) is 12.2. The van der Waals surface area contributed by atoms with Crippen molar-refractivity contribution >= 4 is 41.3 Å². The highest BCUT2D eigenvalue weighted by Gasteiger charge is 2.18. The van der Waals surface area contributed by atoms with E-state index < -0.39 is 0 Å². The summed E-state index contributed by atoms with van der Waals surface area (Å²) in [5.74, 6) is 2.45. The van der Waals surface area contributed by atoms with Crippen molar-refractivity contribution in [2.45, 2.75) is 58.2 Å². The van der Waals surface area contributed by atoms with E-state index >= 15 is 0 Å². The number of guanidine groups is 1. The molecule has 0 saturated heterocycles. The highest BCUT2D eigenvalue weighted by atomic mass is 127. The van der Waals surface area contributed by atoms with Gasteiger partial charge in [-0.2, -0.15) is 0 Å². The van der Waals surface area contributed by atoms with Crippen LogP contribution < -0.4 is 20.1 Å². The maximum Gasteiger partial charge on any atom is 0.191 e. The highest BCUT2D eigenvalue weighted by molar-refractivity contribution is 14.0. The Morgan fingerprint density at radius 3 is 2.66 bits per heavy atom. The van der Waals surface area contributed by atoms with Crippen LogP contribution in [0.25, 0.3) is 0 Å². The fourth-order valence-corrected chi connectivity index (χ4v) is 4.06. The molecule has 0 bridgehead atoms. The fourth-order valence-electron chi connectivity index (χ4n) is 3.26. The number of aryl methyl sites for hydroxylation is 1. The molecule has 8 heteroatoms. The quantitative estimate of drug-likeness (QED) is 0.299. The van der Waals surface area contributed by atoms with Crippen LogP contribution in [-0.2, 0) is 19.5 Å². The Labute approximate surface area is 194 Å². The summed E-state index contributed by atoms with van der Waals surface area (Å²) in [5.41, 5.74) is 1.10. The van der Waals surface area contributed by atoms with E-state index in [4.69, 9.17) is 9.47 Å². The summed E-state index contributed by atoms with van der Waals surface area (Å²) in [7, 11) is 3.46. The number of nitrogens with zero attached hydrogens (tertiary/aromatic N) is 2. The first-order chi connectivity index (χ1) is 13.7. The Hall–Kier alpha value is -1.55. The van der Waals surface area contributed by atoms with E-state index in [0.29, 0.717) is 19.2 Å². The lowest BCUT2D eigenvalue weighted by Crippen LogP contribution is -2.36. The van der Waals surface area contributed by atoms with Crippen molar-refractivity contribution in [3.8, 4) is 11.5 Å². The molecule has 1 aromatic heterocycles. The SMILES string of the molecule is CCc1cnc(CNC(=NC)NCc2ccc(OC)cc2OC2CCCC2)s1.I. The first-order valence-electron chi connectivity index (χ1n) is 9.93. The lowest BCUT2D eigenvalue weighted by Gasteiger charge is -2.18. The molecule has 160 valence electrons. The first kappa shape index (κ1) is 23.7. The summed E-state index contributed by atoms with van der Waals surface area (Å²) in [6.45, 7) is 3.44. The minimum Gasteiger partial charge on any atom is -0.497 e. The zero-order valence-electron chi connectivity index (χ0n) is 17.4. The molecule has 1 aliphatic rings. The van der Waals surface area contributed by atoms with Gasteiger partial charge in [-0.3, -0.25) is 4.99 Å². The lowest BCUT2D eigenvalue weighted by atomic mass is 10.2. The van der Waals surface area contributed by atoms with E-state index in [9.17, 15) is 0 Å². The molecule has 1 fully saturated rings. The van der Waals surface area contributed by atoms with Crippen LogP contribution in [0.5, 0.6) is 11.5 Å². The normalized spacial score (nSPS) is 14.4. The predicted octanol–water partition coefficient (Wildman–Crippen LogP) is 4.52. The zero-order chi connectivity index (χ0) is 19.8. The molecule has 0 spiro atoms.